The van der Waals surface area contributed by atoms with Gasteiger partial charge in [0.2, 0.25) is 0 Å². The summed E-state index contributed by atoms with van der Waals surface area (Å²) in [5, 5.41) is 0. The van der Waals surface area contributed by atoms with Gasteiger partial charge in [0.1, 0.15) is 5.82 Å². The minimum absolute atomic E-state index is 0.0164. The van der Waals surface area contributed by atoms with E-state index in [-0.39, 0.29) is 17.7 Å². The fourth-order valence-electron chi connectivity index (χ4n) is 2.32. The Morgan fingerprint density at radius 2 is 2.05 bits per heavy atom. The Bertz CT molecular complexity index is 479. The van der Waals surface area contributed by atoms with Crippen molar-refractivity contribution in [2.24, 2.45) is 5.92 Å². The quantitative estimate of drug-likeness (QED) is 0.612. The molecule has 102 valence electrons. The third kappa shape index (κ3) is 3.10. The topological polar surface area (TPSA) is 59.5 Å². The summed E-state index contributed by atoms with van der Waals surface area (Å²) in [5.74, 6) is 0.687. The summed E-state index contributed by atoms with van der Waals surface area (Å²) in [4.78, 5) is 29.2. The molecule has 0 bridgehead atoms. The Morgan fingerprint density at radius 3 is 2.63 bits per heavy atom. The third-order valence-electron chi connectivity index (χ3n) is 3.51. The number of pyridine rings is 1. The second kappa shape index (κ2) is 5.82. The molecule has 0 aliphatic carbocycles. The molecule has 1 aliphatic rings. The molecule has 0 unspecified atom stereocenters. The Hall–Kier alpha value is -1.91. The Kier molecular flexibility index (Phi) is 4.14. The van der Waals surface area contributed by atoms with Crippen LogP contribution in [-0.4, -0.2) is 36.9 Å². The molecular formula is C14H18N2O3. The monoisotopic (exact) mass is 262 g/mol. The van der Waals surface area contributed by atoms with Gasteiger partial charge in [-0.15, -0.1) is 0 Å². The fourth-order valence-corrected chi connectivity index (χ4v) is 2.32. The van der Waals surface area contributed by atoms with Gasteiger partial charge >= 0.3 is 5.97 Å². The number of carbonyl (C=O) groups excluding carboxylic acids is 2. The molecule has 1 fully saturated rings. The first-order valence-corrected chi connectivity index (χ1v) is 6.41. The number of hydrogen-bond donors (Lipinski definition) is 0. The molecule has 1 saturated heterocycles. The Morgan fingerprint density at radius 1 is 1.37 bits per heavy atom. The van der Waals surface area contributed by atoms with Gasteiger partial charge in [-0.1, -0.05) is 0 Å². The third-order valence-corrected chi connectivity index (χ3v) is 3.51. The summed E-state index contributed by atoms with van der Waals surface area (Å²) in [6.07, 6.45) is 3.18. The zero-order chi connectivity index (χ0) is 13.8. The summed E-state index contributed by atoms with van der Waals surface area (Å²) < 4.78 is 4.76. The van der Waals surface area contributed by atoms with E-state index in [1.165, 1.54) is 7.11 Å². The van der Waals surface area contributed by atoms with Crippen LogP contribution in [0.5, 0.6) is 0 Å². The lowest BCUT2D eigenvalue weighted by atomic mass is 9.97. The van der Waals surface area contributed by atoms with Crippen molar-refractivity contribution >= 4 is 17.6 Å². The SMILES string of the molecule is COC(=O)C1CCN(c2cc(C(C)=O)ccn2)CC1. The molecule has 0 radical (unpaired) electrons. The summed E-state index contributed by atoms with van der Waals surface area (Å²) >= 11 is 0. The highest BCUT2D eigenvalue weighted by Crippen LogP contribution is 2.23. The van der Waals surface area contributed by atoms with Crippen LogP contribution >= 0.6 is 0 Å². The van der Waals surface area contributed by atoms with Crippen molar-refractivity contribution in [3.63, 3.8) is 0 Å². The summed E-state index contributed by atoms with van der Waals surface area (Å²) in [5.41, 5.74) is 0.667. The second-order valence-corrected chi connectivity index (χ2v) is 4.74. The number of nitrogens with zero attached hydrogens (tertiary/aromatic N) is 2. The lowest BCUT2D eigenvalue weighted by Gasteiger charge is -2.31. The highest BCUT2D eigenvalue weighted by Gasteiger charge is 2.26. The van der Waals surface area contributed by atoms with Gasteiger partial charge in [-0.3, -0.25) is 9.59 Å². The molecule has 5 heteroatoms. The van der Waals surface area contributed by atoms with E-state index in [0.717, 1.165) is 31.7 Å². The molecule has 1 aromatic heterocycles. The van der Waals surface area contributed by atoms with E-state index >= 15 is 0 Å². The number of carbonyl (C=O) groups is 2. The van der Waals surface area contributed by atoms with Gasteiger partial charge in [0.25, 0.3) is 0 Å². The summed E-state index contributed by atoms with van der Waals surface area (Å²) in [6.45, 7) is 3.06. The van der Waals surface area contributed by atoms with E-state index in [2.05, 4.69) is 9.88 Å². The fraction of sp³-hybridized carbons (Fsp3) is 0.500. The lowest BCUT2D eigenvalue weighted by Crippen LogP contribution is -2.37. The number of esters is 1. The van der Waals surface area contributed by atoms with Crippen LogP contribution in [0.1, 0.15) is 30.1 Å². The molecule has 2 heterocycles. The van der Waals surface area contributed by atoms with E-state index in [4.69, 9.17) is 4.74 Å². The number of anilines is 1. The summed E-state index contributed by atoms with van der Waals surface area (Å²) in [6, 6.07) is 3.52. The average molecular weight is 262 g/mol. The van der Waals surface area contributed by atoms with Gasteiger partial charge < -0.3 is 9.64 Å². The zero-order valence-corrected chi connectivity index (χ0v) is 11.3. The largest absolute Gasteiger partial charge is 0.469 e. The predicted octanol–water partition coefficient (Wildman–Crippen LogP) is 1.67. The highest BCUT2D eigenvalue weighted by atomic mass is 16.5. The van der Waals surface area contributed by atoms with E-state index in [1.54, 1.807) is 25.3 Å². The predicted molar refractivity (Wildman–Crippen MR) is 71.2 cm³/mol. The van der Waals surface area contributed by atoms with Gasteiger partial charge in [0, 0.05) is 24.8 Å². The smallest absolute Gasteiger partial charge is 0.308 e. The minimum Gasteiger partial charge on any atom is -0.469 e. The number of Topliss-reactive ketones (excluding diaryl/α,β-unsaturated/α-hetero) is 1. The molecule has 19 heavy (non-hydrogen) atoms. The number of ketones is 1. The van der Waals surface area contributed by atoms with Crippen LogP contribution in [0.3, 0.4) is 0 Å². The Balaban J connectivity index is 2.03. The number of ether oxygens (including phenoxy) is 1. The van der Waals surface area contributed by atoms with E-state index in [9.17, 15) is 9.59 Å². The van der Waals surface area contributed by atoms with E-state index in [0.29, 0.717) is 5.56 Å². The molecule has 0 amide bonds. The lowest BCUT2D eigenvalue weighted by molar-refractivity contribution is -0.146. The maximum absolute atomic E-state index is 11.5. The van der Waals surface area contributed by atoms with Crippen molar-refractivity contribution in [1.82, 2.24) is 4.98 Å². The van der Waals surface area contributed by atoms with Crippen LogP contribution < -0.4 is 4.90 Å². The van der Waals surface area contributed by atoms with Crippen molar-refractivity contribution in [1.29, 1.82) is 0 Å². The number of hydrogen-bond acceptors (Lipinski definition) is 5. The van der Waals surface area contributed by atoms with Crippen molar-refractivity contribution in [3.05, 3.63) is 23.9 Å². The maximum atomic E-state index is 11.5. The molecule has 1 aliphatic heterocycles. The van der Waals surface area contributed by atoms with Crippen LogP contribution in [-0.2, 0) is 9.53 Å². The standard InChI is InChI=1S/C14H18N2O3/c1-10(17)12-3-6-15-13(9-12)16-7-4-11(5-8-16)14(18)19-2/h3,6,9,11H,4-5,7-8H2,1-2H3. The molecule has 1 aromatic rings. The van der Waals surface area contributed by atoms with Crippen LogP contribution in [0, 0.1) is 5.92 Å². The summed E-state index contributed by atoms with van der Waals surface area (Å²) in [7, 11) is 1.42. The first-order valence-electron chi connectivity index (χ1n) is 6.41. The number of methoxy groups -OCH3 is 1. The minimum atomic E-state index is -0.134. The zero-order valence-electron chi connectivity index (χ0n) is 11.3. The second-order valence-electron chi connectivity index (χ2n) is 4.74. The number of aromatic nitrogens is 1. The molecule has 0 saturated carbocycles. The highest BCUT2D eigenvalue weighted by molar-refractivity contribution is 5.94. The van der Waals surface area contributed by atoms with E-state index in [1.807, 2.05) is 0 Å². The van der Waals surface area contributed by atoms with Crippen molar-refractivity contribution < 1.29 is 14.3 Å². The van der Waals surface area contributed by atoms with Gasteiger partial charge in [-0.05, 0) is 31.9 Å². The van der Waals surface area contributed by atoms with Crippen molar-refractivity contribution in [2.45, 2.75) is 19.8 Å². The van der Waals surface area contributed by atoms with E-state index < -0.39 is 0 Å². The van der Waals surface area contributed by atoms with Crippen LogP contribution in [0.25, 0.3) is 0 Å². The first-order chi connectivity index (χ1) is 9.11. The van der Waals surface area contributed by atoms with Crippen molar-refractivity contribution in [3.8, 4) is 0 Å². The van der Waals surface area contributed by atoms with Crippen LogP contribution in [0.2, 0.25) is 0 Å². The van der Waals surface area contributed by atoms with Gasteiger partial charge in [0.05, 0.1) is 13.0 Å². The van der Waals surface area contributed by atoms with Crippen molar-refractivity contribution in [2.75, 3.05) is 25.1 Å². The first kappa shape index (κ1) is 13.5. The molecular weight excluding hydrogens is 244 g/mol. The maximum Gasteiger partial charge on any atom is 0.308 e. The molecule has 0 N–H and O–H groups in total. The molecule has 2 rings (SSSR count). The molecule has 0 aromatic carbocycles. The molecule has 5 nitrogen and oxygen atoms in total. The molecule has 0 spiro atoms. The van der Waals surface area contributed by atoms with Gasteiger partial charge in [-0.25, -0.2) is 4.98 Å². The average Bonchev–Trinajstić information content (AvgIpc) is 2.46. The normalized spacial score (nSPS) is 16.2. The van der Waals surface area contributed by atoms with Gasteiger partial charge in [0.15, 0.2) is 5.78 Å². The van der Waals surface area contributed by atoms with Crippen LogP contribution in [0.15, 0.2) is 18.3 Å². The van der Waals surface area contributed by atoms with Gasteiger partial charge in [-0.2, -0.15) is 0 Å². The molecule has 0 atom stereocenters. The number of piperidine rings is 1. The van der Waals surface area contributed by atoms with Crippen LogP contribution in [0.4, 0.5) is 5.82 Å². The number of rotatable bonds is 3. The Labute approximate surface area is 112 Å².